The predicted molar refractivity (Wildman–Crippen MR) is 52.6 cm³/mol. The Morgan fingerprint density at radius 1 is 1.15 bits per heavy atom. The zero-order chi connectivity index (χ0) is 10.5. The van der Waals surface area contributed by atoms with Gasteiger partial charge in [-0.25, -0.2) is 16.8 Å². The van der Waals surface area contributed by atoms with Crippen LogP contribution in [0.1, 0.15) is 6.92 Å². The van der Waals surface area contributed by atoms with E-state index in [2.05, 4.69) is 6.58 Å². The summed E-state index contributed by atoms with van der Waals surface area (Å²) in [7, 11) is -6.57. The summed E-state index contributed by atoms with van der Waals surface area (Å²) in [5.74, 6) is -0.354. The molecule has 0 aromatic rings. The average molecular weight is 224 g/mol. The first-order valence-electron chi connectivity index (χ1n) is 3.57. The molecule has 6 heteroatoms. The van der Waals surface area contributed by atoms with E-state index in [1.807, 2.05) is 0 Å². The molecule has 0 rings (SSSR count). The van der Waals surface area contributed by atoms with Gasteiger partial charge in [0.1, 0.15) is 0 Å². The van der Waals surface area contributed by atoms with Crippen LogP contribution in [-0.4, -0.2) is 28.3 Å². The molecule has 0 saturated heterocycles. The Bertz CT molecular complexity index is 386. The summed E-state index contributed by atoms with van der Waals surface area (Å²) in [5, 5.41) is 1.71. The Hall–Kier alpha value is -0.620. The van der Waals surface area contributed by atoms with Crippen LogP contribution in [0.3, 0.4) is 0 Å². The zero-order valence-corrected chi connectivity index (χ0v) is 8.94. The predicted octanol–water partition coefficient (Wildman–Crippen LogP) is 0.493. The van der Waals surface area contributed by atoms with E-state index in [1.54, 1.807) is 0 Å². The molecule has 0 bridgehead atoms. The smallest absolute Gasteiger partial charge is 0.174 e. The maximum absolute atomic E-state index is 10.9. The van der Waals surface area contributed by atoms with Gasteiger partial charge in [0.05, 0.1) is 11.5 Å². The summed E-state index contributed by atoms with van der Waals surface area (Å²) < 4.78 is 43.4. The van der Waals surface area contributed by atoms with Crippen molar-refractivity contribution in [2.24, 2.45) is 0 Å². The lowest BCUT2D eigenvalue weighted by Gasteiger charge is -1.92. The third kappa shape index (κ3) is 5.59. The second kappa shape index (κ2) is 4.57. The van der Waals surface area contributed by atoms with Gasteiger partial charge in [-0.1, -0.05) is 19.6 Å². The topological polar surface area (TPSA) is 68.3 Å². The van der Waals surface area contributed by atoms with Gasteiger partial charge in [-0.2, -0.15) is 0 Å². The second-order valence-electron chi connectivity index (χ2n) is 2.32. The maximum Gasteiger partial charge on any atom is 0.174 e. The van der Waals surface area contributed by atoms with E-state index >= 15 is 0 Å². The maximum atomic E-state index is 10.9. The first kappa shape index (κ1) is 12.4. The van der Waals surface area contributed by atoms with Crippen molar-refractivity contribution >= 4 is 19.7 Å². The molecule has 0 aliphatic carbocycles. The Morgan fingerprint density at radius 3 is 2.08 bits per heavy atom. The Labute approximate surface area is 78.8 Å². The van der Waals surface area contributed by atoms with Crippen molar-refractivity contribution in [3.05, 3.63) is 23.5 Å². The van der Waals surface area contributed by atoms with E-state index in [4.69, 9.17) is 0 Å². The first-order chi connectivity index (χ1) is 5.83. The van der Waals surface area contributed by atoms with E-state index in [-0.39, 0.29) is 11.5 Å². The highest BCUT2D eigenvalue weighted by Gasteiger charge is 2.03. The molecule has 0 aromatic carbocycles. The van der Waals surface area contributed by atoms with E-state index in [9.17, 15) is 16.8 Å². The van der Waals surface area contributed by atoms with E-state index < -0.39 is 19.7 Å². The molecule has 0 aliphatic heterocycles. The minimum absolute atomic E-state index is 0.0301. The molecular formula is C7H12O4S2. The lowest BCUT2D eigenvalue weighted by molar-refractivity contribution is 0.605. The van der Waals surface area contributed by atoms with Crippen LogP contribution in [0.15, 0.2) is 23.5 Å². The highest BCUT2D eigenvalue weighted by molar-refractivity contribution is 7.95. The van der Waals surface area contributed by atoms with Crippen LogP contribution in [0.2, 0.25) is 0 Å². The molecule has 0 heterocycles. The molecule has 0 N–H and O–H groups in total. The monoisotopic (exact) mass is 224 g/mol. The van der Waals surface area contributed by atoms with Gasteiger partial charge in [0.15, 0.2) is 19.7 Å². The van der Waals surface area contributed by atoms with Crippen LogP contribution < -0.4 is 0 Å². The normalized spacial score (nSPS) is 13.3. The number of hydrogen-bond donors (Lipinski definition) is 0. The van der Waals surface area contributed by atoms with E-state index in [1.165, 1.54) is 6.92 Å². The van der Waals surface area contributed by atoms with Gasteiger partial charge < -0.3 is 0 Å². The van der Waals surface area contributed by atoms with Gasteiger partial charge in [-0.15, -0.1) is 0 Å². The van der Waals surface area contributed by atoms with Crippen molar-refractivity contribution in [1.82, 2.24) is 0 Å². The highest BCUT2D eigenvalue weighted by Crippen LogP contribution is 1.95. The molecule has 0 aromatic heterocycles. The third-order valence-electron chi connectivity index (χ3n) is 1.29. The van der Waals surface area contributed by atoms with Crippen molar-refractivity contribution in [3.8, 4) is 0 Å². The zero-order valence-electron chi connectivity index (χ0n) is 7.30. The molecule has 4 nitrogen and oxygen atoms in total. The molecule has 0 atom stereocenters. The Kier molecular flexibility index (Phi) is 4.35. The molecule has 0 amide bonds. The quantitative estimate of drug-likeness (QED) is 0.681. The van der Waals surface area contributed by atoms with Crippen molar-refractivity contribution in [2.45, 2.75) is 6.92 Å². The average Bonchev–Trinajstić information content (AvgIpc) is 2.04. The number of rotatable bonds is 5. The van der Waals surface area contributed by atoms with Gasteiger partial charge in [-0.3, -0.25) is 0 Å². The second-order valence-corrected chi connectivity index (χ2v) is 6.49. The third-order valence-corrected chi connectivity index (χ3v) is 3.87. The van der Waals surface area contributed by atoms with Crippen LogP contribution in [0.5, 0.6) is 0 Å². The SMILES string of the molecule is C=CS(=O)(=O)CC=CS(=O)(=O)CC. The molecule has 76 valence electrons. The van der Waals surface area contributed by atoms with Gasteiger partial charge in [0.2, 0.25) is 0 Å². The van der Waals surface area contributed by atoms with Gasteiger partial charge in [0, 0.05) is 10.8 Å². The van der Waals surface area contributed by atoms with Crippen LogP contribution >= 0.6 is 0 Å². The van der Waals surface area contributed by atoms with Crippen molar-refractivity contribution in [1.29, 1.82) is 0 Å². The number of hydrogen-bond acceptors (Lipinski definition) is 4. The van der Waals surface area contributed by atoms with Crippen molar-refractivity contribution in [2.75, 3.05) is 11.5 Å². The van der Waals surface area contributed by atoms with Crippen LogP contribution in [0, 0.1) is 0 Å². The fourth-order valence-electron chi connectivity index (χ4n) is 0.484. The lowest BCUT2D eigenvalue weighted by atomic mass is 10.8. The summed E-state index contributed by atoms with van der Waals surface area (Å²) >= 11 is 0. The van der Waals surface area contributed by atoms with Gasteiger partial charge in [-0.05, 0) is 0 Å². The molecule has 0 radical (unpaired) electrons. The molecule has 0 spiro atoms. The number of sulfone groups is 2. The fourth-order valence-corrected chi connectivity index (χ4v) is 1.69. The summed E-state index contributed by atoms with van der Waals surface area (Å²) in [5.41, 5.74) is 0. The lowest BCUT2D eigenvalue weighted by Crippen LogP contribution is -2.01. The summed E-state index contributed by atoms with van der Waals surface area (Å²) in [6.07, 6.45) is 1.11. The minimum atomic E-state index is -3.34. The minimum Gasteiger partial charge on any atom is -0.224 e. The standard InChI is InChI=1S/C7H12O4S2/c1-3-12(8,9)6-5-7-13(10,11)4-2/h3,5,7H,1,4,6H2,2H3. The fraction of sp³-hybridized carbons (Fsp3) is 0.429. The molecule has 0 fully saturated rings. The molecule has 0 saturated carbocycles. The van der Waals surface area contributed by atoms with Crippen molar-refractivity contribution in [3.63, 3.8) is 0 Å². The van der Waals surface area contributed by atoms with Crippen LogP contribution in [0.4, 0.5) is 0 Å². The van der Waals surface area contributed by atoms with Gasteiger partial charge >= 0.3 is 0 Å². The Balaban J connectivity index is 4.44. The summed E-state index contributed by atoms with van der Waals surface area (Å²) in [4.78, 5) is 0. The van der Waals surface area contributed by atoms with Gasteiger partial charge in [0.25, 0.3) is 0 Å². The molecule has 0 aliphatic rings. The summed E-state index contributed by atoms with van der Waals surface area (Å²) in [6.45, 7) is 4.58. The Morgan fingerprint density at radius 2 is 1.69 bits per heavy atom. The summed E-state index contributed by atoms with van der Waals surface area (Å²) in [6, 6.07) is 0. The van der Waals surface area contributed by atoms with Crippen molar-refractivity contribution < 1.29 is 16.8 Å². The molecule has 0 unspecified atom stereocenters. The highest BCUT2D eigenvalue weighted by atomic mass is 32.2. The van der Waals surface area contributed by atoms with E-state index in [0.29, 0.717) is 0 Å². The van der Waals surface area contributed by atoms with E-state index in [0.717, 1.165) is 16.9 Å². The van der Waals surface area contributed by atoms with Crippen LogP contribution in [0.25, 0.3) is 0 Å². The largest absolute Gasteiger partial charge is 0.224 e. The molecular weight excluding hydrogens is 212 g/mol. The molecule has 13 heavy (non-hydrogen) atoms. The first-order valence-corrected chi connectivity index (χ1v) is 7.00. The van der Waals surface area contributed by atoms with Crippen LogP contribution in [-0.2, 0) is 19.7 Å².